The Balaban J connectivity index is 1.73. The Morgan fingerprint density at radius 2 is 1.86 bits per heavy atom. The van der Waals surface area contributed by atoms with Crippen LogP contribution in [0.15, 0.2) is 0 Å². The molecule has 0 aromatic carbocycles. The predicted molar refractivity (Wildman–Crippen MR) is 64.9 cm³/mol. The van der Waals surface area contributed by atoms with Crippen molar-refractivity contribution in [3.8, 4) is 0 Å². The summed E-state index contributed by atoms with van der Waals surface area (Å²) in [6.07, 6.45) is 10.1. The number of rotatable bonds is 4. The summed E-state index contributed by atoms with van der Waals surface area (Å²) >= 11 is 3.84. The van der Waals surface area contributed by atoms with Crippen molar-refractivity contribution in [3.63, 3.8) is 0 Å². The minimum atomic E-state index is 0.750. The molecule has 82 valence electrons. The number of halogens is 1. The topological polar surface area (TPSA) is 3.24 Å². The van der Waals surface area contributed by atoms with E-state index in [-0.39, 0.29) is 0 Å². The lowest BCUT2D eigenvalue weighted by molar-refractivity contribution is 0.195. The zero-order chi connectivity index (χ0) is 9.97. The molecule has 2 rings (SSSR count). The van der Waals surface area contributed by atoms with Gasteiger partial charge in [-0.15, -0.1) is 0 Å². The van der Waals surface area contributed by atoms with Gasteiger partial charge in [0.2, 0.25) is 0 Å². The van der Waals surface area contributed by atoms with E-state index in [0.717, 1.165) is 16.8 Å². The predicted octanol–water partition coefficient (Wildman–Crippen LogP) is 3.42. The van der Waals surface area contributed by atoms with Crippen LogP contribution in [-0.4, -0.2) is 29.4 Å². The third kappa shape index (κ3) is 2.96. The second-order valence-electron chi connectivity index (χ2n) is 5.08. The van der Waals surface area contributed by atoms with E-state index in [2.05, 4.69) is 27.9 Å². The summed E-state index contributed by atoms with van der Waals surface area (Å²) in [5.74, 6) is 1.08. The summed E-state index contributed by atoms with van der Waals surface area (Å²) in [6, 6.07) is 0.808. The van der Waals surface area contributed by atoms with Crippen LogP contribution in [-0.2, 0) is 0 Å². The minimum Gasteiger partial charge on any atom is -0.302 e. The van der Waals surface area contributed by atoms with Gasteiger partial charge in [0.25, 0.3) is 0 Å². The number of hydrogen-bond acceptors (Lipinski definition) is 1. The van der Waals surface area contributed by atoms with Crippen molar-refractivity contribution in [1.82, 2.24) is 4.90 Å². The van der Waals surface area contributed by atoms with Crippen LogP contribution >= 0.6 is 15.9 Å². The molecule has 0 saturated heterocycles. The second kappa shape index (κ2) is 4.98. The zero-order valence-electron chi connectivity index (χ0n) is 9.21. The SMILES string of the molecule is CN(CCC1CC1)C1CCCCC1Br. The molecule has 0 amide bonds. The lowest BCUT2D eigenvalue weighted by Gasteiger charge is -2.35. The maximum absolute atomic E-state index is 3.84. The van der Waals surface area contributed by atoms with Crippen LogP contribution in [0, 0.1) is 5.92 Å². The average molecular weight is 260 g/mol. The fourth-order valence-electron chi connectivity index (χ4n) is 2.52. The highest BCUT2D eigenvalue weighted by molar-refractivity contribution is 9.09. The van der Waals surface area contributed by atoms with Gasteiger partial charge in [0, 0.05) is 10.9 Å². The second-order valence-corrected chi connectivity index (χ2v) is 6.26. The van der Waals surface area contributed by atoms with E-state index in [1.54, 1.807) is 0 Å². The van der Waals surface area contributed by atoms with Crippen LogP contribution in [0.4, 0.5) is 0 Å². The Morgan fingerprint density at radius 3 is 2.50 bits per heavy atom. The van der Waals surface area contributed by atoms with Crippen LogP contribution in [0.25, 0.3) is 0 Å². The highest BCUT2D eigenvalue weighted by Gasteiger charge is 2.27. The highest BCUT2D eigenvalue weighted by Crippen LogP contribution is 2.33. The molecule has 2 aliphatic rings. The van der Waals surface area contributed by atoms with Crippen molar-refractivity contribution >= 4 is 15.9 Å². The molecule has 2 unspecified atom stereocenters. The van der Waals surface area contributed by atoms with Crippen molar-refractivity contribution < 1.29 is 0 Å². The van der Waals surface area contributed by atoms with Gasteiger partial charge in [0.1, 0.15) is 0 Å². The first kappa shape index (κ1) is 10.9. The molecule has 0 bridgehead atoms. The van der Waals surface area contributed by atoms with Crippen molar-refractivity contribution in [2.24, 2.45) is 5.92 Å². The fourth-order valence-corrected chi connectivity index (χ4v) is 3.51. The molecule has 0 heterocycles. The average Bonchev–Trinajstić information content (AvgIpc) is 2.98. The Labute approximate surface area is 96.4 Å². The van der Waals surface area contributed by atoms with Crippen LogP contribution in [0.5, 0.6) is 0 Å². The minimum absolute atomic E-state index is 0.750. The lowest BCUT2D eigenvalue weighted by Crippen LogP contribution is -2.41. The van der Waals surface area contributed by atoms with Crippen LogP contribution in [0.3, 0.4) is 0 Å². The molecule has 14 heavy (non-hydrogen) atoms. The van der Waals surface area contributed by atoms with E-state index in [9.17, 15) is 0 Å². The van der Waals surface area contributed by atoms with Crippen molar-refractivity contribution in [1.29, 1.82) is 0 Å². The Hall–Kier alpha value is 0.440. The molecule has 0 spiro atoms. The lowest BCUT2D eigenvalue weighted by atomic mass is 9.94. The third-order valence-corrected chi connectivity index (χ3v) is 4.87. The van der Waals surface area contributed by atoms with Crippen molar-refractivity contribution in [3.05, 3.63) is 0 Å². The molecular weight excluding hydrogens is 238 g/mol. The van der Waals surface area contributed by atoms with Gasteiger partial charge in [-0.3, -0.25) is 0 Å². The summed E-state index contributed by atoms with van der Waals surface area (Å²) in [6.45, 7) is 1.32. The molecule has 0 radical (unpaired) electrons. The summed E-state index contributed by atoms with van der Waals surface area (Å²) in [4.78, 5) is 3.34. The first-order valence-corrected chi connectivity index (χ1v) is 7.03. The summed E-state index contributed by atoms with van der Waals surface area (Å²) in [7, 11) is 2.31. The Bertz CT molecular complexity index is 179. The quantitative estimate of drug-likeness (QED) is 0.700. The highest BCUT2D eigenvalue weighted by atomic mass is 79.9. The van der Waals surface area contributed by atoms with Gasteiger partial charge in [-0.05, 0) is 38.8 Å². The van der Waals surface area contributed by atoms with E-state index in [1.165, 1.54) is 51.5 Å². The van der Waals surface area contributed by atoms with Crippen LogP contribution < -0.4 is 0 Å². The van der Waals surface area contributed by atoms with E-state index in [1.807, 2.05) is 0 Å². The van der Waals surface area contributed by atoms with Gasteiger partial charge in [-0.2, -0.15) is 0 Å². The maximum Gasteiger partial charge on any atom is 0.0301 e. The van der Waals surface area contributed by atoms with E-state index in [0.29, 0.717) is 0 Å². The summed E-state index contributed by atoms with van der Waals surface area (Å²) < 4.78 is 0. The Kier molecular flexibility index (Phi) is 3.89. The van der Waals surface area contributed by atoms with Crippen LogP contribution in [0.1, 0.15) is 44.9 Å². The monoisotopic (exact) mass is 259 g/mol. The van der Waals surface area contributed by atoms with E-state index in [4.69, 9.17) is 0 Å². The molecule has 0 aromatic heterocycles. The van der Waals surface area contributed by atoms with E-state index < -0.39 is 0 Å². The molecule has 1 nitrogen and oxygen atoms in total. The number of alkyl halides is 1. The van der Waals surface area contributed by atoms with Crippen LogP contribution in [0.2, 0.25) is 0 Å². The summed E-state index contributed by atoms with van der Waals surface area (Å²) in [5, 5.41) is 0. The first-order valence-electron chi connectivity index (χ1n) is 6.11. The smallest absolute Gasteiger partial charge is 0.0301 e. The zero-order valence-corrected chi connectivity index (χ0v) is 10.8. The maximum atomic E-state index is 3.84. The van der Waals surface area contributed by atoms with Gasteiger partial charge in [-0.25, -0.2) is 0 Å². The van der Waals surface area contributed by atoms with E-state index >= 15 is 0 Å². The molecule has 2 heteroatoms. The van der Waals surface area contributed by atoms with Gasteiger partial charge < -0.3 is 4.90 Å². The number of nitrogens with zero attached hydrogens (tertiary/aromatic N) is 1. The van der Waals surface area contributed by atoms with Gasteiger partial charge in [0.15, 0.2) is 0 Å². The van der Waals surface area contributed by atoms with Gasteiger partial charge >= 0.3 is 0 Å². The fraction of sp³-hybridized carbons (Fsp3) is 1.00. The molecule has 0 aromatic rings. The molecule has 2 fully saturated rings. The normalized spacial score (nSPS) is 33.6. The largest absolute Gasteiger partial charge is 0.302 e. The van der Waals surface area contributed by atoms with Crippen molar-refractivity contribution in [2.45, 2.75) is 55.8 Å². The summed E-state index contributed by atoms with van der Waals surface area (Å²) in [5.41, 5.74) is 0. The molecule has 2 saturated carbocycles. The standard InChI is InChI=1S/C12H22BrN/c1-14(9-8-10-6-7-10)12-5-3-2-4-11(12)13/h10-12H,2-9H2,1H3. The Morgan fingerprint density at radius 1 is 1.14 bits per heavy atom. The third-order valence-electron chi connectivity index (χ3n) is 3.80. The first-order chi connectivity index (χ1) is 6.77. The molecular formula is C12H22BrN. The molecule has 2 aliphatic carbocycles. The van der Waals surface area contributed by atoms with Gasteiger partial charge in [0.05, 0.1) is 0 Å². The van der Waals surface area contributed by atoms with Gasteiger partial charge in [-0.1, -0.05) is 41.6 Å². The number of hydrogen-bond donors (Lipinski definition) is 0. The molecule has 0 N–H and O–H groups in total. The molecule has 0 aliphatic heterocycles. The molecule has 2 atom stereocenters. The van der Waals surface area contributed by atoms with Crippen molar-refractivity contribution in [2.75, 3.05) is 13.6 Å².